The number of fused-ring (bicyclic) bond motifs is 1. The van der Waals surface area contributed by atoms with Crippen molar-refractivity contribution in [3.8, 4) is 0 Å². The van der Waals surface area contributed by atoms with E-state index in [9.17, 15) is 4.79 Å². The molecule has 1 aromatic heterocycles. The van der Waals surface area contributed by atoms with Gasteiger partial charge in [0.25, 0.3) is 0 Å². The number of benzene rings is 1. The lowest BCUT2D eigenvalue weighted by molar-refractivity contribution is -0.142. The summed E-state index contributed by atoms with van der Waals surface area (Å²) in [6.07, 6.45) is 1.83. The zero-order chi connectivity index (χ0) is 12.3. The maximum absolute atomic E-state index is 10.3. The molecule has 0 unspecified atom stereocenters. The van der Waals surface area contributed by atoms with Gasteiger partial charge in [-0.25, -0.2) is 4.79 Å². The van der Waals surface area contributed by atoms with E-state index >= 15 is 0 Å². The molecular formula is C12H12N2O3. The summed E-state index contributed by atoms with van der Waals surface area (Å²) in [6, 6.07) is 7.81. The second-order valence-corrected chi connectivity index (χ2v) is 3.59. The molecule has 2 rings (SSSR count). The molecule has 0 fully saturated rings. The molecule has 0 aliphatic carbocycles. The Morgan fingerprint density at radius 1 is 1.47 bits per heavy atom. The number of aromatic nitrogens is 1. The van der Waals surface area contributed by atoms with Gasteiger partial charge in [0.15, 0.2) is 0 Å². The van der Waals surface area contributed by atoms with Crippen LogP contribution in [0.4, 0.5) is 0 Å². The number of rotatable bonds is 4. The standard InChI is InChI=1S/C12H12N2O3/c1-8(14-17-7-12(15)16)10-6-13-11-5-3-2-4-9(10)11/h2-6,13H,7H2,1H3,(H,15,16)/b14-8+. The van der Waals surface area contributed by atoms with Crippen LogP contribution in [-0.2, 0) is 9.63 Å². The second-order valence-electron chi connectivity index (χ2n) is 3.59. The lowest BCUT2D eigenvalue weighted by Crippen LogP contribution is -2.05. The minimum absolute atomic E-state index is 0.431. The molecule has 5 heteroatoms. The lowest BCUT2D eigenvalue weighted by atomic mass is 10.1. The van der Waals surface area contributed by atoms with E-state index in [1.807, 2.05) is 30.5 Å². The zero-order valence-corrected chi connectivity index (χ0v) is 9.30. The predicted molar refractivity (Wildman–Crippen MR) is 64.1 cm³/mol. The largest absolute Gasteiger partial charge is 0.479 e. The van der Waals surface area contributed by atoms with Crippen LogP contribution in [0.15, 0.2) is 35.6 Å². The van der Waals surface area contributed by atoms with Crippen LogP contribution >= 0.6 is 0 Å². The summed E-state index contributed by atoms with van der Waals surface area (Å²) in [6.45, 7) is 1.34. The lowest BCUT2D eigenvalue weighted by Gasteiger charge is -1.98. The van der Waals surface area contributed by atoms with Crippen molar-refractivity contribution in [2.24, 2.45) is 5.16 Å². The van der Waals surface area contributed by atoms with Gasteiger partial charge in [-0.3, -0.25) is 0 Å². The van der Waals surface area contributed by atoms with E-state index in [1.54, 1.807) is 6.92 Å². The van der Waals surface area contributed by atoms with E-state index in [4.69, 9.17) is 9.94 Å². The highest BCUT2D eigenvalue weighted by molar-refractivity contribution is 6.09. The zero-order valence-electron chi connectivity index (χ0n) is 9.30. The van der Waals surface area contributed by atoms with Crippen LogP contribution in [0.25, 0.3) is 10.9 Å². The fourth-order valence-electron chi connectivity index (χ4n) is 1.60. The molecular weight excluding hydrogens is 220 g/mol. The topological polar surface area (TPSA) is 74.7 Å². The number of H-pyrrole nitrogens is 1. The van der Waals surface area contributed by atoms with Gasteiger partial charge in [0, 0.05) is 22.7 Å². The number of carbonyl (C=O) groups is 1. The maximum Gasteiger partial charge on any atom is 0.344 e. The molecule has 17 heavy (non-hydrogen) atoms. The molecule has 0 aliphatic rings. The highest BCUT2D eigenvalue weighted by Gasteiger charge is 2.06. The van der Waals surface area contributed by atoms with Crippen LogP contribution in [0.1, 0.15) is 12.5 Å². The van der Waals surface area contributed by atoms with Crippen molar-refractivity contribution in [1.82, 2.24) is 4.98 Å². The van der Waals surface area contributed by atoms with E-state index in [2.05, 4.69) is 10.1 Å². The monoisotopic (exact) mass is 232 g/mol. The third-order valence-corrected chi connectivity index (χ3v) is 2.37. The Bertz CT molecular complexity index is 572. The van der Waals surface area contributed by atoms with E-state index in [0.717, 1.165) is 16.5 Å². The Morgan fingerprint density at radius 2 is 2.24 bits per heavy atom. The van der Waals surface area contributed by atoms with Crippen molar-refractivity contribution < 1.29 is 14.7 Å². The van der Waals surface area contributed by atoms with Gasteiger partial charge in [-0.15, -0.1) is 0 Å². The number of oxime groups is 1. The maximum atomic E-state index is 10.3. The first kappa shape index (κ1) is 11.2. The smallest absolute Gasteiger partial charge is 0.344 e. The molecule has 88 valence electrons. The van der Waals surface area contributed by atoms with Gasteiger partial charge in [-0.1, -0.05) is 23.4 Å². The van der Waals surface area contributed by atoms with Crippen molar-refractivity contribution in [2.45, 2.75) is 6.92 Å². The number of nitrogens with zero attached hydrogens (tertiary/aromatic N) is 1. The summed E-state index contributed by atoms with van der Waals surface area (Å²) in [4.78, 5) is 18.1. The van der Waals surface area contributed by atoms with Gasteiger partial charge in [0.2, 0.25) is 6.61 Å². The van der Waals surface area contributed by atoms with Gasteiger partial charge in [-0.05, 0) is 13.0 Å². The first-order valence-electron chi connectivity index (χ1n) is 5.13. The molecule has 0 atom stereocenters. The van der Waals surface area contributed by atoms with Crippen molar-refractivity contribution in [1.29, 1.82) is 0 Å². The molecule has 0 aliphatic heterocycles. The molecule has 0 saturated heterocycles. The number of para-hydroxylation sites is 1. The summed E-state index contributed by atoms with van der Waals surface area (Å²) in [7, 11) is 0. The van der Waals surface area contributed by atoms with Crippen LogP contribution in [0.5, 0.6) is 0 Å². The fraction of sp³-hybridized carbons (Fsp3) is 0.167. The first-order valence-corrected chi connectivity index (χ1v) is 5.13. The Kier molecular flexibility index (Phi) is 3.09. The second kappa shape index (κ2) is 4.69. The van der Waals surface area contributed by atoms with Gasteiger partial charge in [-0.2, -0.15) is 0 Å². The summed E-state index contributed by atoms with van der Waals surface area (Å²) in [5.74, 6) is -1.04. The van der Waals surface area contributed by atoms with Crippen LogP contribution in [0.3, 0.4) is 0 Å². The number of carboxylic acids is 1. The SMILES string of the molecule is C/C(=N\OCC(=O)O)c1c[nH]c2ccccc12. The molecule has 0 saturated carbocycles. The highest BCUT2D eigenvalue weighted by Crippen LogP contribution is 2.18. The molecule has 0 bridgehead atoms. The number of hydrogen-bond acceptors (Lipinski definition) is 3. The van der Waals surface area contributed by atoms with Gasteiger partial charge >= 0.3 is 5.97 Å². The van der Waals surface area contributed by atoms with Gasteiger partial charge in [0.05, 0.1) is 5.71 Å². The van der Waals surface area contributed by atoms with Crippen molar-refractivity contribution in [3.63, 3.8) is 0 Å². The number of aliphatic carboxylic acids is 1. The Balaban J connectivity index is 2.24. The molecule has 0 spiro atoms. The third kappa shape index (κ3) is 2.44. The van der Waals surface area contributed by atoms with Crippen LogP contribution in [0.2, 0.25) is 0 Å². The highest BCUT2D eigenvalue weighted by atomic mass is 16.6. The Labute approximate surface area is 97.7 Å². The molecule has 2 aromatic rings. The fourth-order valence-corrected chi connectivity index (χ4v) is 1.60. The molecule has 2 N–H and O–H groups in total. The van der Waals surface area contributed by atoms with Gasteiger partial charge in [0.1, 0.15) is 0 Å². The average Bonchev–Trinajstić information content (AvgIpc) is 2.72. The Morgan fingerprint density at radius 3 is 3.00 bits per heavy atom. The van der Waals surface area contributed by atoms with E-state index in [1.165, 1.54) is 0 Å². The van der Waals surface area contributed by atoms with E-state index in [-0.39, 0.29) is 0 Å². The molecule has 0 amide bonds. The van der Waals surface area contributed by atoms with Crippen LogP contribution in [0, 0.1) is 0 Å². The summed E-state index contributed by atoms with van der Waals surface area (Å²) < 4.78 is 0. The molecule has 1 aromatic carbocycles. The number of aromatic amines is 1. The number of carboxylic acid groups (broad SMARTS) is 1. The number of hydrogen-bond donors (Lipinski definition) is 2. The van der Waals surface area contributed by atoms with Crippen molar-refractivity contribution in [3.05, 3.63) is 36.0 Å². The normalized spacial score (nSPS) is 11.7. The molecule has 5 nitrogen and oxygen atoms in total. The number of nitrogens with one attached hydrogen (secondary N) is 1. The van der Waals surface area contributed by atoms with Crippen LogP contribution in [-0.4, -0.2) is 28.4 Å². The van der Waals surface area contributed by atoms with Crippen molar-refractivity contribution >= 4 is 22.6 Å². The first-order chi connectivity index (χ1) is 8.18. The van der Waals surface area contributed by atoms with E-state index < -0.39 is 12.6 Å². The molecule has 0 radical (unpaired) electrons. The van der Waals surface area contributed by atoms with Crippen molar-refractivity contribution in [2.75, 3.05) is 6.61 Å². The minimum Gasteiger partial charge on any atom is -0.479 e. The predicted octanol–water partition coefficient (Wildman–Crippen LogP) is 1.99. The summed E-state index contributed by atoms with van der Waals surface area (Å²) in [5, 5.41) is 13.2. The minimum atomic E-state index is -1.04. The summed E-state index contributed by atoms with van der Waals surface area (Å²) >= 11 is 0. The average molecular weight is 232 g/mol. The van der Waals surface area contributed by atoms with Crippen LogP contribution < -0.4 is 0 Å². The Hall–Kier alpha value is -2.30. The summed E-state index contributed by atoms with van der Waals surface area (Å²) in [5.41, 5.74) is 2.56. The van der Waals surface area contributed by atoms with Gasteiger partial charge < -0.3 is 14.9 Å². The molecule has 1 heterocycles. The third-order valence-electron chi connectivity index (χ3n) is 2.37. The quantitative estimate of drug-likeness (QED) is 0.625. The van der Waals surface area contributed by atoms with E-state index in [0.29, 0.717) is 5.71 Å².